The number of sulfonamides is 1. The van der Waals surface area contributed by atoms with Crippen LogP contribution < -0.4 is 23.8 Å². The average molecular weight is 649 g/mol. The second kappa shape index (κ2) is 14.2. The van der Waals surface area contributed by atoms with Crippen LogP contribution in [0.5, 0.6) is 17.2 Å². The molecule has 0 bridgehead atoms. The fraction of sp³-hybridized carbons (Fsp3) is 0.310. The van der Waals surface area contributed by atoms with E-state index in [0.717, 1.165) is 14.3 Å². The van der Waals surface area contributed by atoms with Crippen LogP contribution in [0.1, 0.15) is 19.4 Å². The van der Waals surface area contributed by atoms with Crippen molar-refractivity contribution in [2.24, 2.45) is 0 Å². The molecule has 0 fully saturated rings. The van der Waals surface area contributed by atoms with Gasteiger partial charge in [0, 0.05) is 24.1 Å². The lowest BCUT2D eigenvalue weighted by atomic mass is 10.1. The highest BCUT2D eigenvalue weighted by atomic mass is 79.9. The van der Waals surface area contributed by atoms with E-state index < -0.39 is 28.5 Å². The lowest BCUT2D eigenvalue weighted by Crippen LogP contribution is -2.50. The van der Waals surface area contributed by atoms with Crippen molar-refractivity contribution >= 4 is 43.5 Å². The first kappa shape index (κ1) is 31.8. The van der Waals surface area contributed by atoms with Crippen LogP contribution in [0, 0.1) is 0 Å². The lowest BCUT2D eigenvalue weighted by molar-refractivity contribution is -0.139. The van der Waals surface area contributed by atoms with E-state index in [2.05, 4.69) is 21.2 Å². The predicted molar refractivity (Wildman–Crippen MR) is 160 cm³/mol. The summed E-state index contributed by atoms with van der Waals surface area (Å²) in [5.74, 6) is 0.170. The summed E-state index contributed by atoms with van der Waals surface area (Å²) in [5.41, 5.74) is 1.01. The standard InChI is InChI=1S/C29H34BrN3O7S/c1-6-40-24-12-10-23(11-13-24)33(41(36,37)25-14-15-26(38-4)27(17-25)39-5)19-28(34)32(20(2)29(35)31-3)18-21-8-7-9-22(30)16-21/h7-17,20H,6,18-19H2,1-5H3,(H,31,35). The third kappa shape index (κ3) is 7.70. The Morgan fingerprint density at radius 1 is 0.976 bits per heavy atom. The summed E-state index contributed by atoms with van der Waals surface area (Å²) in [6, 6.07) is 17.1. The van der Waals surface area contributed by atoms with Gasteiger partial charge in [-0.05, 0) is 67.9 Å². The highest BCUT2D eigenvalue weighted by Gasteiger charge is 2.33. The van der Waals surface area contributed by atoms with Crippen molar-refractivity contribution in [1.82, 2.24) is 10.2 Å². The molecule has 0 radical (unpaired) electrons. The van der Waals surface area contributed by atoms with Gasteiger partial charge < -0.3 is 24.4 Å². The number of rotatable bonds is 13. The molecule has 0 aliphatic carbocycles. The molecule has 3 aromatic rings. The van der Waals surface area contributed by atoms with Gasteiger partial charge in [0.25, 0.3) is 10.0 Å². The summed E-state index contributed by atoms with van der Waals surface area (Å²) in [6.07, 6.45) is 0. The van der Waals surface area contributed by atoms with Crippen LogP contribution in [-0.2, 0) is 26.2 Å². The normalized spacial score (nSPS) is 11.8. The van der Waals surface area contributed by atoms with Gasteiger partial charge in [-0.2, -0.15) is 0 Å². The van der Waals surface area contributed by atoms with E-state index in [9.17, 15) is 18.0 Å². The quantitative estimate of drug-likeness (QED) is 0.295. The maximum Gasteiger partial charge on any atom is 0.264 e. The molecule has 3 rings (SSSR count). The van der Waals surface area contributed by atoms with E-state index in [1.807, 2.05) is 31.2 Å². The van der Waals surface area contributed by atoms with E-state index in [-0.39, 0.29) is 28.8 Å². The van der Waals surface area contributed by atoms with Crippen LogP contribution in [0.4, 0.5) is 5.69 Å². The maximum absolute atomic E-state index is 14.1. The summed E-state index contributed by atoms with van der Waals surface area (Å²) in [5, 5.41) is 2.57. The maximum atomic E-state index is 14.1. The summed E-state index contributed by atoms with van der Waals surface area (Å²) in [4.78, 5) is 27.8. The molecule has 1 N–H and O–H groups in total. The van der Waals surface area contributed by atoms with Gasteiger partial charge in [-0.3, -0.25) is 13.9 Å². The van der Waals surface area contributed by atoms with E-state index in [1.165, 1.54) is 44.4 Å². The molecule has 0 aliphatic heterocycles. The van der Waals surface area contributed by atoms with Crippen molar-refractivity contribution in [2.75, 3.05) is 38.7 Å². The van der Waals surface area contributed by atoms with E-state index in [4.69, 9.17) is 14.2 Å². The summed E-state index contributed by atoms with van der Waals surface area (Å²) < 4.78 is 46.1. The number of carbonyl (C=O) groups is 2. The van der Waals surface area contributed by atoms with Gasteiger partial charge in [-0.25, -0.2) is 8.42 Å². The highest BCUT2D eigenvalue weighted by Crippen LogP contribution is 2.33. The minimum atomic E-state index is -4.30. The highest BCUT2D eigenvalue weighted by molar-refractivity contribution is 9.10. The van der Waals surface area contributed by atoms with E-state index >= 15 is 0 Å². The van der Waals surface area contributed by atoms with Crippen molar-refractivity contribution in [3.05, 3.63) is 76.8 Å². The lowest BCUT2D eigenvalue weighted by Gasteiger charge is -2.32. The van der Waals surface area contributed by atoms with Gasteiger partial charge >= 0.3 is 0 Å². The fourth-order valence-corrected chi connectivity index (χ4v) is 6.01. The molecule has 1 unspecified atom stereocenters. The number of hydrogen-bond donors (Lipinski definition) is 1. The fourth-order valence-electron chi connectivity index (χ4n) is 4.13. The first-order valence-corrected chi connectivity index (χ1v) is 15.0. The molecule has 3 aromatic carbocycles. The van der Waals surface area contributed by atoms with Crippen molar-refractivity contribution in [3.63, 3.8) is 0 Å². The number of halogens is 1. The monoisotopic (exact) mass is 647 g/mol. The van der Waals surface area contributed by atoms with Crippen molar-refractivity contribution in [1.29, 1.82) is 0 Å². The number of nitrogens with one attached hydrogen (secondary N) is 1. The Labute approximate surface area is 249 Å². The molecule has 0 aromatic heterocycles. The topological polar surface area (TPSA) is 114 Å². The van der Waals surface area contributed by atoms with E-state index in [0.29, 0.717) is 18.1 Å². The van der Waals surface area contributed by atoms with Gasteiger partial charge in [0.1, 0.15) is 18.3 Å². The molecule has 0 aliphatic rings. The minimum absolute atomic E-state index is 0.0837. The Morgan fingerprint density at radius 3 is 2.24 bits per heavy atom. The van der Waals surface area contributed by atoms with Crippen LogP contribution in [0.3, 0.4) is 0 Å². The molecule has 12 heteroatoms. The molecule has 0 spiro atoms. The zero-order chi connectivity index (χ0) is 30.2. The molecular formula is C29H34BrN3O7S. The largest absolute Gasteiger partial charge is 0.494 e. The first-order valence-electron chi connectivity index (χ1n) is 12.8. The van der Waals surface area contributed by atoms with Crippen molar-refractivity contribution in [2.45, 2.75) is 31.3 Å². The second-order valence-electron chi connectivity index (χ2n) is 8.90. The number of carbonyl (C=O) groups excluding carboxylic acids is 2. The van der Waals surface area contributed by atoms with Crippen molar-refractivity contribution < 1.29 is 32.2 Å². The Morgan fingerprint density at radius 2 is 1.66 bits per heavy atom. The average Bonchev–Trinajstić information content (AvgIpc) is 2.98. The molecule has 220 valence electrons. The Bertz CT molecular complexity index is 1470. The zero-order valence-electron chi connectivity index (χ0n) is 23.6. The predicted octanol–water partition coefficient (Wildman–Crippen LogP) is 4.22. The van der Waals surface area contributed by atoms with Crippen LogP contribution in [0.2, 0.25) is 0 Å². The van der Waals surface area contributed by atoms with Crippen LogP contribution >= 0.6 is 15.9 Å². The molecule has 1 atom stereocenters. The number of benzene rings is 3. The Hall–Kier alpha value is -3.77. The molecule has 0 heterocycles. The summed E-state index contributed by atoms with van der Waals surface area (Å²) >= 11 is 3.43. The van der Waals surface area contributed by atoms with Crippen molar-refractivity contribution in [3.8, 4) is 17.2 Å². The SMILES string of the molecule is CCOc1ccc(N(CC(=O)N(Cc2cccc(Br)c2)C(C)C(=O)NC)S(=O)(=O)c2ccc(OC)c(OC)c2)cc1. The summed E-state index contributed by atoms with van der Waals surface area (Å²) in [7, 11) is 0.0390. The smallest absolute Gasteiger partial charge is 0.264 e. The van der Waals surface area contributed by atoms with Crippen LogP contribution in [0.25, 0.3) is 0 Å². The number of amides is 2. The number of ether oxygens (including phenoxy) is 3. The molecule has 2 amide bonds. The van der Waals surface area contributed by atoms with E-state index in [1.54, 1.807) is 31.2 Å². The molecule has 0 saturated heterocycles. The van der Waals surface area contributed by atoms with Gasteiger partial charge in [0.05, 0.1) is 31.4 Å². The van der Waals surface area contributed by atoms with Crippen LogP contribution in [0.15, 0.2) is 76.1 Å². The molecule has 0 saturated carbocycles. The zero-order valence-corrected chi connectivity index (χ0v) is 26.0. The van der Waals surface area contributed by atoms with Gasteiger partial charge in [-0.15, -0.1) is 0 Å². The van der Waals surface area contributed by atoms with Gasteiger partial charge in [0.2, 0.25) is 11.8 Å². The van der Waals surface area contributed by atoms with Crippen LogP contribution in [-0.4, -0.2) is 65.6 Å². The Kier molecular flexibility index (Phi) is 11.0. The Balaban J connectivity index is 2.08. The van der Waals surface area contributed by atoms with Gasteiger partial charge in [-0.1, -0.05) is 28.1 Å². The number of likely N-dealkylation sites (N-methyl/N-ethyl adjacent to an activating group) is 1. The minimum Gasteiger partial charge on any atom is -0.494 e. The third-order valence-corrected chi connectivity index (χ3v) is 8.58. The first-order chi connectivity index (χ1) is 19.5. The molecular weight excluding hydrogens is 614 g/mol. The molecule has 10 nitrogen and oxygen atoms in total. The molecule has 41 heavy (non-hydrogen) atoms. The van der Waals surface area contributed by atoms with Gasteiger partial charge in [0.15, 0.2) is 11.5 Å². The number of methoxy groups -OCH3 is 2. The number of hydrogen-bond acceptors (Lipinski definition) is 7. The number of anilines is 1. The second-order valence-corrected chi connectivity index (χ2v) is 11.7. The third-order valence-electron chi connectivity index (χ3n) is 6.31. The number of nitrogens with zero attached hydrogens (tertiary/aromatic N) is 2. The summed E-state index contributed by atoms with van der Waals surface area (Å²) in [6.45, 7) is 3.39.